The Hall–Kier alpha value is -0.810. The van der Waals surface area contributed by atoms with E-state index in [1.54, 1.807) is 4.90 Å². The van der Waals surface area contributed by atoms with E-state index in [1.165, 1.54) is 0 Å². The molecule has 2 amide bonds. The fourth-order valence-electron chi connectivity index (χ4n) is 3.40. The van der Waals surface area contributed by atoms with E-state index in [-0.39, 0.29) is 41.7 Å². The number of carbonyl (C=O) groups is 2. The zero-order valence-electron chi connectivity index (χ0n) is 14.9. The summed E-state index contributed by atoms with van der Waals surface area (Å²) in [5.74, 6) is 0.597. The van der Waals surface area contributed by atoms with Crippen molar-refractivity contribution in [3.05, 3.63) is 0 Å². The maximum absolute atomic E-state index is 12.6. The van der Waals surface area contributed by atoms with Crippen molar-refractivity contribution in [3.8, 4) is 0 Å². The van der Waals surface area contributed by atoms with Crippen LogP contribution in [0.5, 0.6) is 0 Å². The lowest BCUT2D eigenvalue weighted by atomic mass is 9.91. The first-order chi connectivity index (χ1) is 10.3. The molecule has 6 heteroatoms. The molecule has 2 saturated heterocycles. The van der Waals surface area contributed by atoms with Gasteiger partial charge in [-0.05, 0) is 43.7 Å². The van der Waals surface area contributed by atoms with Crippen molar-refractivity contribution >= 4 is 24.2 Å². The average molecular weight is 346 g/mol. The standard InChI is InChI=1S/C17H31N3O2.ClH/c1-12-11-18-8-7-13(12)19-16(22)14-6-5-9-20(14)15(21)10-17(2,3)4;/h12-14,18H,5-11H2,1-4H3,(H,19,22);1H. The van der Waals surface area contributed by atoms with Crippen molar-refractivity contribution in [2.75, 3.05) is 19.6 Å². The van der Waals surface area contributed by atoms with Crippen molar-refractivity contribution in [2.45, 2.75) is 65.5 Å². The van der Waals surface area contributed by atoms with Gasteiger partial charge in [-0.3, -0.25) is 9.59 Å². The maximum atomic E-state index is 12.6. The van der Waals surface area contributed by atoms with Gasteiger partial charge in [-0.25, -0.2) is 0 Å². The van der Waals surface area contributed by atoms with Crippen LogP contribution in [0.15, 0.2) is 0 Å². The number of hydrogen-bond acceptors (Lipinski definition) is 3. The van der Waals surface area contributed by atoms with Gasteiger partial charge in [0.25, 0.3) is 0 Å². The van der Waals surface area contributed by atoms with Crippen LogP contribution in [-0.4, -0.2) is 48.4 Å². The number of amides is 2. The number of nitrogens with one attached hydrogen (secondary N) is 2. The van der Waals surface area contributed by atoms with E-state index in [0.717, 1.165) is 38.9 Å². The van der Waals surface area contributed by atoms with Gasteiger partial charge < -0.3 is 15.5 Å². The Balaban J connectivity index is 0.00000264. The van der Waals surface area contributed by atoms with Gasteiger partial charge in [0.15, 0.2) is 0 Å². The highest BCUT2D eigenvalue weighted by atomic mass is 35.5. The van der Waals surface area contributed by atoms with Gasteiger partial charge in [-0.1, -0.05) is 27.7 Å². The highest BCUT2D eigenvalue weighted by Crippen LogP contribution is 2.25. The van der Waals surface area contributed by atoms with Gasteiger partial charge in [0.2, 0.25) is 11.8 Å². The maximum Gasteiger partial charge on any atom is 0.243 e. The summed E-state index contributed by atoms with van der Waals surface area (Å²) in [6.45, 7) is 11.0. The van der Waals surface area contributed by atoms with Crippen LogP contribution in [-0.2, 0) is 9.59 Å². The summed E-state index contributed by atoms with van der Waals surface area (Å²) in [4.78, 5) is 26.9. The Morgan fingerprint density at radius 1 is 1.26 bits per heavy atom. The molecule has 134 valence electrons. The lowest BCUT2D eigenvalue weighted by Gasteiger charge is -2.33. The summed E-state index contributed by atoms with van der Waals surface area (Å²) < 4.78 is 0. The molecule has 3 atom stereocenters. The third-order valence-electron chi connectivity index (χ3n) is 4.67. The molecule has 0 saturated carbocycles. The van der Waals surface area contributed by atoms with Gasteiger partial charge >= 0.3 is 0 Å². The normalized spacial score (nSPS) is 28.2. The van der Waals surface area contributed by atoms with Crippen LogP contribution in [0.1, 0.15) is 53.4 Å². The van der Waals surface area contributed by atoms with Crippen LogP contribution in [0.25, 0.3) is 0 Å². The highest BCUT2D eigenvalue weighted by molar-refractivity contribution is 5.88. The molecule has 3 unspecified atom stereocenters. The summed E-state index contributed by atoms with van der Waals surface area (Å²) in [7, 11) is 0. The fourth-order valence-corrected chi connectivity index (χ4v) is 3.40. The van der Waals surface area contributed by atoms with E-state index in [2.05, 4.69) is 38.3 Å². The summed E-state index contributed by atoms with van der Waals surface area (Å²) in [6.07, 6.45) is 3.19. The average Bonchev–Trinajstić information content (AvgIpc) is 2.89. The lowest BCUT2D eigenvalue weighted by molar-refractivity contribution is -0.140. The second-order valence-electron chi connectivity index (χ2n) is 8.07. The molecule has 2 rings (SSSR count). The second kappa shape index (κ2) is 8.34. The van der Waals surface area contributed by atoms with Crippen molar-refractivity contribution in [2.24, 2.45) is 11.3 Å². The number of rotatable bonds is 3. The first-order valence-electron chi connectivity index (χ1n) is 8.58. The third-order valence-corrected chi connectivity index (χ3v) is 4.67. The number of halogens is 1. The van der Waals surface area contributed by atoms with Crippen LogP contribution in [0.4, 0.5) is 0 Å². The van der Waals surface area contributed by atoms with E-state index in [9.17, 15) is 9.59 Å². The molecule has 2 aliphatic rings. The van der Waals surface area contributed by atoms with Gasteiger partial charge in [0, 0.05) is 19.0 Å². The SMILES string of the molecule is CC1CNCCC1NC(=O)C1CCCN1C(=O)CC(C)(C)C.Cl. The molecular weight excluding hydrogens is 314 g/mol. The Morgan fingerprint density at radius 3 is 2.57 bits per heavy atom. The monoisotopic (exact) mass is 345 g/mol. The molecule has 23 heavy (non-hydrogen) atoms. The Kier molecular flexibility index (Phi) is 7.33. The van der Waals surface area contributed by atoms with Crippen LogP contribution >= 0.6 is 12.4 Å². The lowest BCUT2D eigenvalue weighted by Crippen LogP contribution is -2.54. The second-order valence-corrected chi connectivity index (χ2v) is 8.07. The van der Waals surface area contributed by atoms with E-state index in [0.29, 0.717) is 12.3 Å². The molecular formula is C17H32ClN3O2. The number of piperidine rings is 1. The summed E-state index contributed by atoms with van der Waals surface area (Å²) in [5, 5.41) is 6.53. The van der Waals surface area contributed by atoms with Gasteiger partial charge in [0.05, 0.1) is 0 Å². The molecule has 2 aliphatic heterocycles. The van der Waals surface area contributed by atoms with Crippen LogP contribution in [0, 0.1) is 11.3 Å². The van der Waals surface area contributed by atoms with Gasteiger partial charge in [-0.15, -0.1) is 12.4 Å². The molecule has 0 aromatic carbocycles. The molecule has 2 fully saturated rings. The van der Waals surface area contributed by atoms with Crippen LogP contribution in [0.2, 0.25) is 0 Å². The molecule has 2 heterocycles. The molecule has 0 spiro atoms. The molecule has 0 bridgehead atoms. The predicted molar refractivity (Wildman–Crippen MR) is 94.6 cm³/mol. The number of hydrogen-bond donors (Lipinski definition) is 2. The zero-order chi connectivity index (χ0) is 16.3. The van der Waals surface area contributed by atoms with E-state index < -0.39 is 0 Å². The number of carbonyl (C=O) groups excluding carboxylic acids is 2. The van der Waals surface area contributed by atoms with E-state index >= 15 is 0 Å². The minimum Gasteiger partial charge on any atom is -0.351 e. The Labute approximate surface area is 146 Å². The van der Waals surface area contributed by atoms with Gasteiger partial charge in [-0.2, -0.15) is 0 Å². The van der Waals surface area contributed by atoms with E-state index in [1.807, 2.05) is 0 Å². The number of likely N-dealkylation sites (tertiary alicyclic amines) is 1. The molecule has 0 aromatic heterocycles. The molecule has 0 aliphatic carbocycles. The highest BCUT2D eigenvalue weighted by Gasteiger charge is 2.36. The predicted octanol–water partition coefficient (Wildman–Crippen LogP) is 1.95. The summed E-state index contributed by atoms with van der Waals surface area (Å²) in [5.41, 5.74) is -0.0374. The van der Waals surface area contributed by atoms with Crippen molar-refractivity contribution in [1.82, 2.24) is 15.5 Å². The van der Waals surface area contributed by atoms with Crippen LogP contribution in [0.3, 0.4) is 0 Å². The largest absolute Gasteiger partial charge is 0.351 e. The van der Waals surface area contributed by atoms with Crippen LogP contribution < -0.4 is 10.6 Å². The van der Waals surface area contributed by atoms with Crippen molar-refractivity contribution < 1.29 is 9.59 Å². The fraction of sp³-hybridized carbons (Fsp3) is 0.882. The molecule has 5 nitrogen and oxygen atoms in total. The quantitative estimate of drug-likeness (QED) is 0.821. The molecule has 2 N–H and O–H groups in total. The smallest absolute Gasteiger partial charge is 0.243 e. The Morgan fingerprint density at radius 2 is 1.96 bits per heavy atom. The summed E-state index contributed by atoms with van der Waals surface area (Å²) >= 11 is 0. The summed E-state index contributed by atoms with van der Waals surface area (Å²) in [6, 6.07) is -0.0362. The zero-order valence-corrected chi connectivity index (χ0v) is 15.7. The minimum absolute atomic E-state index is 0. The molecule has 0 radical (unpaired) electrons. The van der Waals surface area contributed by atoms with Gasteiger partial charge in [0.1, 0.15) is 6.04 Å². The molecule has 0 aromatic rings. The minimum atomic E-state index is -0.267. The third kappa shape index (κ3) is 5.64. The first-order valence-corrected chi connectivity index (χ1v) is 8.58. The Bertz CT molecular complexity index is 423. The first kappa shape index (κ1) is 20.2. The van der Waals surface area contributed by atoms with Crippen molar-refractivity contribution in [1.29, 1.82) is 0 Å². The van der Waals surface area contributed by atoms with Crippen molar-refractivity contribution in [3.63, 3.8) is 0 Å². The van der Waals surface area contributed by atoms with E-state index in [4.69, 9.17) is 0 Å². The topological polar surface area (TPSA) is 61.4 Å². The number of nitrogens with zero attached hydrogens (tertiary/aromatic N) is 1.